The summed E-state index contributed by atoms with van der Waals surface area (Å²) in [5.74, 6) is 0. The van der Waals surface area contributed by atoms with Crippen LogP contribution in [0, 0.1) is 33.8 Å². The number of benzene rings is 4. The topological polar surface area (TPSA) is 0 Å². The molecule has 0 saturated heterocycles. The predicted octanol–water partition coefficient (Wildman–Crippen LogP) is 11.6. The second kappa shape index (κ2) is 14.6. The average Bonchev–Trinajstić information content (AvgIpc) is 3.48. The molecule has 0 aromatic heterocycles. The molecule has 0 heterocycles. The third-order valence-electron chi connectivity index (χ3n) is 8.63. The Morgan fingerprint density at radius 3 is 1.09 bits per heavy atom. The lowest BCUT2D eigenvalue weighted by atomic mass is 10.1. The maximum Gasteiger partial charge on any atom is 0.416 e. The van der Waals surface area contributed by atoms with E-state index in [1.54, 1.807) is 6.92 Å². The van der Waals surface area contributed by atoms with Crippen LogP contribution in [0.15, 0.2) is 90.5 Å². The van der Waals surface area contributed by atoms with E-state index in [0.29, 0.717) is 29.8 Å². The van der Waals surface area contributed by atoms with E-state index in [-0.39, 0.29) is 12.1 Å². The SMILES string of the molecule is Cc1cc(C)cc(P(c2cc(C)cc(C)c2)[C@H](C)C2=[C]C=CC2P(c2cc(C(F)(F)F)cc(C(F)(F)F)c2)c2cc(C(F)(F)F)cc(C(F)(F)F)c2)c1. The van der Waals surface area contributed by atoms with Gasteiger partial charge in [-0.05, 0) is 113 Å². The zero-order valence-electron chi connectivity index (χ0n) is 28.7. The van der Waals surface area contributed by atoms with E-state index in [0.717, 1.165) is 32.9 Å². The molecule has 14 heteroatoms. The first-order chi connectivity index (χ1) is 24.3. The standard InChI is InChI=1S/C39H31F12P2/c1-21-9-22(2)12-30(11-21)52(31-13-23(3)10-24(4)14-31)25(5)34-7-6-8-35(34)53(32-17-26(36(40,41)42)15-27(18-32)37(43,44)45)33-19-28(38(46,47)48)16-29(20-33)39(49,50)51/h6,8-20,25,35H,1-5H3/t25-,35?/m1/s1. The molecular formula is C39H31F12P2. The summed E-state index contributed by atoms with van der Waals surface area (Å²) in [5, 5.41) is 0.354. The Morgan fingerprint density at radius 2 is 0.792 bits per heavy atom. The molecule has 0 saturated carbocycles. The van der Waals surface area contributed by atoms with Crippen molar-refractivity contribution in [2.45, 2.75) is 70.6 Å². The lowest BCUT2D eigenvalue weighted by Crippen LogP contribution is -2.30. The van der Waals surface area contributed by atoms with Crippen molar-refractivity contribution in [1.82, 2.24) is 0 Å². The number of rotatable bonds is 7. The van der Waals surface area contributed by atoms with E-state index in [9.17, 15) is 52.7 Å². The molecule has 4 aromatic rings. The van der Waals surface area contributed by atoms with Crippen LogP contribution in [0.25, 0.3) is 0 Å². The van der Waals surface area contributed by atoms with Crippen molar-refractivity contribution in [3.8, 4) is 0 Å². The van der Waals surface area contributed by atoms with E-state index >= 15 is 0 Å². The third kappa shape index (κ3) is 9.20. The Bertz CT molecular complexity index is 1830. The van der Waals surface area contributed by atoms with Gasteiger partial charge in [0.2, 0.25) is 0 Å². The molecule has 1 radical (unpaired) electrons. The average molecular weight is 790 g/mol. The van der Waals surface area contributed by atoms with Gasteiger partial charge in [0.05, 0.1) is 22.3 Å². The molecular weight excluding hydrogens is 758 g/mol. The summed E-state index contributed by atoms with van der Waals surface area (Å²) in [6.07, 6.45) is -15.5. The number of allylic oxidation sites excluding steroid dienone is 4. The maximum absolute atomic E-state index is 14.1. The van der Waals surface area contributed by atoms with Gasteiger partial charge in [-0.3, -0.25) is 0 Å². The van der Waals surface area contributed by atoms with E-state index in [4.69, 9.17) is 0 Å². The van der Waals surface area contributed by atoms with Crippen LogP contribution in [0.3, 0.4) is 0 Å². The molecule has 0 N–H and O–H groups in total. The molecule has 1 aliphatic rings. The van der Waals surface area contributed by atoms with Crippen molar-refractivity contribution >= 4 is 37.1 Å². The molecule has 281 valence electrons. The van der Waals surface area contributed by atoms with Crippen LogP contribution in [0.4, 0.5) is 52.7 Å². The third-order valence-corrected chi connectivity index (χ3v) is 14.0. The second-order valence-electron chi connectivity index (χ2n) is 13.0. The lowest BCUT2D eigenvalue weighted by Gasteiger charge is -2.35. The van der Waals surface area contributed by atoms with Gasteiger partial charge in [-0.25, -0.2) is 0 Å². The Morgan fingerprint density at radius 1 is 0.472 bits per heavy atom. The minimum Gasteiger partial charge on any atom is -0.166 e. The maximum atomic E-state index is 14.1. The molecule has 53 heavy (non-hydrogen) atoms. The van der Waals surface area contributed by atoms with Gasteiger partial charge in [0, 0.05) is 11.3 Å². The van der Waals surface area contributed by atoms with Crippen LogP contribution < -0.4 is 21.2 Å². The largest absolute Gasteiger partial charge is 0.416 e. The minimum absolute atomic E-state index is 0.125. The normalized spacial score (nSPS) is 16.1. The van der Waals surface area contributed by atoms with Crippen molar-refractivity contribution < 1.29 is 52.7 Å². The first kappa shape index (κ1) is 40.6. The molecule has 0 amide bonds. The number of hydrogen-bond donors (Lipinski definition) is 0. The molecule has 1 unspecified atom stereocenters. The van der Waals surface area contributed by atoms with E-state index < -0.39 is 84.7 Å². The molecule has 1 aliphatic carbocycles. The van der Waals surface area contributed by atoms with Gasteiger partial charge in [0.15, 0.2) is 0 Å². The van der Waals surface area contributed by atoms with Crippen LogP contribution in [0.5, 0.6) is 0 Å². The molecule has 4 aromatic carbocycles. The van der Waals surface area contributed by atoms with Gasteiger partial charge in [0.25, 0.3) is 0 Å². The predicted molar refractivity (Wildman–Crippen MR) is 186 cm³/mol. The van der Waals surface area contributed by atoms with Gasteiger partial charge in [-0.2, -0.15) is 52.7 Å². The Labute approximate surface area is 301 Å². The Balaban J connectivity index is 1.81. The molecule has 0 bridgehead atoms. The van der Waals surface area contributed by atoms with E-state index in [1.807, 2.05) is 64.1 Å². The zero-order chi connectivity index (χ0) is 39.4. The summed E-state index contributed by atoms with van der Waals surface area (Å²) in [7, 11) is -4.27. The quantitative estimate of drug-likeness (QED) is 0.129. The molecule has 0 nitrogen and oxygen atoms in total. The Kier molecular flexibility index (Phi) is 11.1. The van der Waals surface area contributed by atoms with Gasteiger partial charge in [-0.15, -0.1) is 0 Å². The number of halogens is 12. The van der Waals surface area contributed by atoms with Crippen LogP contribution in [-0.4, -0.2) is 11.3 Å². The highest BCUT2D eigenvalue weighted by Gasteiger charge is 2.43. The fraction of sp³-hybridized carbons (Fsp3) is 0.282. The van der Waals surface area contributed by atoms with Gasteiger partial charge in [-0.1, -0.05) is 77.7 Å². The van der Waals surface area contributed by atoms with Crippen LogP contribution in [0.2, 0.25) is 0 Å². The summed E-state index contributed by atoms with van der Waals surface area (Å²) in [4.78, 5) is 0. The number of alkyl halides is 12. The zero-order valence-corrected chi connectivity index (χ0v) is 30.5. The van der Waals surface area contributed by atoms with E-state index in [2.05, 4.69) is 6.08 Å². The fourth-order valence-electron chi connectivity index (χ4n) is 6.56. The fourth-order valence-corrected chi connectivity index (χ4v) is 12.6. The van der Waals surface area contributed by atoms with Crippen LogP contribution >= 0.6 is 15.8 Å². The van der Waals surface area contributed by atoms with Crippen molar-refractivity contribution in [1.29, 1.82) is 0 Å². The summed E-state index contributed by atoms with van der Waals surface area (Å²) < 4.78 is 170. The number of hydrogen-bond acceptors (Lipinski definition) is 0. The molecule has 0 fully saturated rings. The molecule has 0 spiro atoms. The summed E-state index contributed by atoms with van der Waals surface area (Å²) in [5.41, 5.74) is -4.78. The first-order valence-electron chi connectivity index (χ1n) is 16.0. The highest BCUT2D eigenvalue weighted by Crippen LogP contribution is 2.54. The molecule has 0 aliphatic heterocycles. The summed E-state index contributed by atoms with van der Waals surface area (Å²) >= 11 is 0. The molecule has 5 rings (SSSR count). The number of aryl methyl sites for hydroxylation is 4. The highest BCUT2D eigenvalue weighted by atomic mass is 31.1. The first-order valence-corrected chi connectivity index (χ1v) is 18.8. The van der Waals surface area contributed by atoms with Gasteiger partial charge >= 0.3 is 24.7 Å². The van der Waals surface area contributed by atoms with Crippen LogP contribution in [0.1, 0.15) is 51.4 Å². The lowest BCUT2D eigenvalue weighted by molar-refractivity contribution is -0.144. The summed E-state index contributed by atoms with van der Waals surface area (Å²) in [6.45, 7) is 9.34. The smallest absolute Gasteiger partial charge is 0.166 e. The Hall–Kier alpha value is -3.62. The monoisotopic (exact) mass is 789 g/mol. The van der Waals surface area contributed by atoms with Gasteiger partial charge < -0.3 is 0 Å². The second-order valence-corrected chi connectivity index (χ2v) is 17.9. The van der Waals surface area contributed by atoms with Crippen molar-refractivity contribution in [2.75, 3.05) is 0 Å². The van der Waals surface area contributed by atoms with Crippen molar-refractivity contribution in [3.05, 3.63) is 141 Å². The molecule has 2 atom stereocenters. The summed E-state index contributed by atoms with van der Waals surface area (Å²) in [6, 6.07) is 13.0. The van der Waals surface area contributed by atoms with Crippen LogP contribution in [-0.2, 0) is 24.7 Å². The minimum atomic E-state index is -5.33. The highest BCUT2D eigenvalue weighted by molar-refractivity contribution is 7.75. The van der Waals surface area contributed by atoms with Gasteiger partial charge in [0.1, 0.15) is 0 Å². The van der Waals surface area contributed by atoms with Crippen molar-refractivity contribution in [3.63, 3.8) is 0 Å². The van der Waals surface area contributed by atoms with E-state index in [1.165, 1.54) is 12.2 Å². The van der Waals surface area contributed by atoms with Crippen molar-refractivity contribution in [2.24, 2.45) is 0 Å².